The van der Waals surface area contributed by atoms with E-state index < -0.39 is 0 Å². The van der Waals surface area contributed by atoms with E-state index in [1.165, 1.54) is 13.2 Å². The zero-order chi connectivity index (χ0) is 17.6. The molecule has 0 unspecified atom stereocenters. The first-order valence-electron chi connectivity index (χ1n) is 7.86. The maximum absolute atomic E-state index is 12.2. The molecule has 3 aromatic rings. The number of nitrogens with one attached hydrogen (secondary N) is 1. The summed E-state index contributed by atoms with van der Waals surface area (Å²) in [6, 6.07) is 14.6. The number of phenolic OH excluding ortho intramolecular Hbond substituents is 1. The normalized spacial score (nSPS) is 10.4. The van der Waals surface area contributed by atoms with Crippen molar-refractivity contribution in [2.75, 3.05) is 7.11 Å². The zero-order valence-electron chi connectivity index (χ0n) is 13.8. The Hall–Kier alpha value is -3.28. The Morgan fingerprint density at radius 2 is 2.00 bits per heavy atom. The molecular weight excluding hydrogens is 318 g/mol. The molecule has 128 valence electrons. The lowest BCUT2D eigenvalue weighted by Gasteiger charge is -2.07. The highest BCUT2D eigenvalue weighted by atomic mass is 16.5. The van der Waals surface area contributed by atoms with Gasteiger partial charge in [-0.15, -0.1) is 0 Å². The van der Waals surface area contributed by atoms with Crippen molar-refractivity contribution in [3.05, 3.63) is 77.6 Å². The molecule has 2 aromatic carbocycles. The van der Waals surface area contributed by atoms with Gasteiger partial charge >= 0.3 is 0 Å². The molecule has 2 N–H and O–H groups in total. The van der Waals surface area contributed by atoms with Crippen LogP contribution in [0.25, 0.3) is 0 Å². The maximum Gasteiger partial charge on any atom is 0.251 e. The summed E-state index contributed by atoms with van der Waals surface area (Å²) in [4.78, 5) is 12.2. The number of ether oxygens (including phenoxy) is 1. The lowest BCUT2D eigenvalue weighted by molar-refractivity contribution is 0.0950. The molecule has 1 amide bonds. The Bertz CT molecular complexity index is 859. The minimum Gasteiger partial charge on any atom is -0.504 e. The van der Waals surface area contributed by atoms with Crippen molar-refractivity contribution in [1.29, 1.82) is 0 Å². The lowest BCUT2D eigenvalue weighted by atomic mass is 10.2. The Balaban J connectivity index is 1.58. The number of amides is 1. The minimum absolute atomic E-state index is 0.0640. The van der Waals surface area contributed by atoms with Gasteiger partial charge in [-0.3, -0.25) is 9.48 Å². The number of methoxy groups -OCH3 is 1. The van der Waals surface area contributed by atoms with Gasteiger partial charge in [0.05, 0.1) is 19.9 Å². The number of benzene rings is 2. The monoisotopic (exact) mass is 337 g/mol. The van der Waals surface area contributed by atoms with Crippen LogP contribution in [-0.4, -0.2) is 27.9 Å². The number of rotatable bonds is 6. The highest BCUT2D eigenvalue weighted by Gasteiger charge is 2.10. The highest BCUT2D eigenvalue weighted by molar-refractivity contribution is 5.94. The van der Waals surface area contributed by atoms with E-state index in [2.05, 4.69) is 10.4 Å². The number of aromatic hydroxyl groups is 1. The van der Waals surface area contributed by atoms with Crippen LogP contribution in [0.2, 0.25) is 0 Å². The van der Waals surface area contributed by atoms with Crippen LogP contribution in [0.15, 0.2) is 60.9 Å². The highest BCUT2D eigenvalue weighted by Crippen LogP contribution is 2.26. The van der Waals surface area contributed by atoms with Gasteiger partial charge in [0.25, 0.3) is 5.91 Å². The number of carbonyl (C=O) groups excluding carboxylic acids is 1. The van der Waals surface area contributed by atoms with Gasteiger partial charge < -0.3 is 15.2 Å². The number of hydrogen-bond donors (Lipinski definition) is 2. The van der Waals surface area contributed by atoms with Crippen molar-refractivity contribution in [2.24, 2.45) is 0 Å². The summed E-state index contributed by atoms with van der Waals surface area (Å²) in [5.74, 6) is -0.00154. The van der Waals surface area contributed by atoms with Crippen molar-refractivity contribution in [3.63, 3.8) is 0 Å². The van der Waals surface area contributed by atoms with Crippen LogP contribution in [0.1, 0.15) is 21.5 Å². The fourth-order valence-electron chi connectivity index (χ4n) is 2.47. The predicted octanol–water partition coefficient (Wildman–Crippen LogP) is 2.58. The first-order chi connectivity index (χ1) is 12.2. The van der Waals surface area contributed by atoms with Gasteiger partial charge in [-0.05, 0) is 23.8 Å². The molecule has 0 aliphatic rings. The Kier molecular flexibility index (Phi) is 4.99. The quantitative estimate of drug-likeness (QED) is 0.725. The summed E-state index contributed by atoms with van der Waals surface area (Å²) in [7, 11) is 1.46. The van der Waals surface area contributed by atoms with E-state index in [4.69, 9.17) is 4.74 Å². The molecule has 1 aromatic heterocycles. The third-order valence-corrected chi connectivity index (χ3v) is 3.77. The molecule has 0 atom stereocenters. The average molecular weight is 337 g/mol. The van der Waals surface area contributed by atoms with Gasteiger partial charge in [0.2, 0.25) is 0 Å². The van der Waals surface area contributed by atoms with Gasteiger partial charge in [0, 0.05) is 23.9 Å². The Morgan fingerprint density at radius 3 is 2.72 bits per heavy atom. The van der Waals surface area contributed by atoms with E-state index in [1.54, 1.807) is 18.3 Å². The Morgan fingerprint density at radius 1 is 1.20 bits per heavy atom. The van der Waals surface area contributed by atoms with Crippen molar-refractivity contribution < 1.29 is 14.6 Å². The zero-order valence-corrected chi connectivity index (χ0v) is 13.8. The molecule has 0 saturated heterocycles. The molecule has 0 aliphatic carbocycles. The van der Waals surface area contributed by atoms with E-state index in [9.17, 15) is 9.90 Å². The molecular formula is C19H19N3O3. The summed E-state index contributed by atoms with van der Waals surface area (Å²) in [5, 5.41) is 16.9. The fraction of sp³-hybridized carbons (Fsp3) is 0.158. The van der Waals surface area contributed by atoms with Crippen molar-refractivity contribution in [3.8, 4) is 11.5 Å². The molecule has 25 heavy (non-hydrogen) atoms. The number of hydrogen-bond acceptors (Lipinski definition) is 4. The SMILES string of the molecule is COc1ccc(C(=O)NCc2cnn(Cc3ccccc3)c2)cc1O. The summed E-state index contributed by atoms with van der Waals surface area (Å²) in [5.41, 5.74) is 2.44. The molecule has 0 aliphatic heterocycles. The summed E-state index contributed by atoms with van der Waals surface area (Å²) < 4.78 is 6.80. The van der Waals surface area contributed by atoms with Gasteiger partial charge in [0.15, 0.2) is 11.5 Å². The van der Waals surface area contributed by atoms with E-state index in [-0.39, 0.29) is 11.7 Å². The minimum atomic E-state index is -0.270. The van der Waals surface area contributed by atoms with E-state index in [0.29, 0.717) is 24.4 Å². The number of carbonyl (C=O) groups is 1. The first-order valence-corrected chi connectivity index (χ1v) is 7.86. The van der Waals surface area contributed by atoms with E-state index in [1.807, 2.05) is 41.2 Å². The van der Waals surface area contributed by atoms with Crippen molar-refractivity contribution in [2.45, 2.75) is 13.1 Å². The van der Waals surface area contributed by atoms with Crippen LogP contribution >= 0.6 is 0 Å². The third-order valence-electron chi connectivity index (χ3n) is 3.77. The summed E-state index contributed by atoms with van der Waals surface area (Å²) in [6.07, 6.45) is 3.63. The van der Waals surface area contributed by atoms with Crippen molar-refractivity contribution >= 4 is 5.91 Å². The molecule has 0 radical (unpaired) electrons. The summed E-state index contributed by atoms with van der Waals surface area (Å²) >= 11 is 0. The largest absolute Gasteiger partial charge is 0.504 e. The molecule has 3 rings (SSSR count). The summed E-state index contributed by atoms with van der Waals surface area (Å²) in [6.45, 7) is 1.04. The van der Waals surface area contributed by atoms with Crippen LogP contribution in [0.3, 0.4) is 0 Å². The van der Waals surface area contributed by atoms with Gasteiger partial charge in [-0.2, -0.15) is 5.10 Å². The lowest BCUT2D eigenvalue weighted by Crippen LogP contribution is -2.22. The predicted molar refractivity (Wildman–Crippen MR) is 93.6 cm³/mol. The molecule has 0 bridgehead atoms. The van der Waals surface area contributed by atoms with Crippen LogP contribution in [0.4, 0.5) is 0 Å². The fourth-order valence-corrected chi connectivity index (χ4v) is 2.47. The maximum atomic E-state index is 12.2. The Labute approximate surface area is 145 Å². The van der Waals surface area contributed by atoms with Gasteiger partial charge in [0.1, 0.15) is 0 Å². The molecule has 0 saturated carbocycles. The van der Waals surface area contributed by atoms with Crippen LogP contribution in [-0.2, 0) is 13.1 Å². The smallest absolute Gasteiger partial charge is 0.251 e. The second kappa shape index (κ2) is 7.53. The standard InChI is InChI=1S/C19H19N3O3/c1-25-18-8-7-16(9-17(18)23)19(24)20-10-15-11-21-22(13-15)12-14-5-3-2-4-6-14/h2-9,11,13,23H,10,12H2,1H3,(H,20,24). The van der Waals surface area contributed by atoms with Gasteiger partial charge in [-0.25, -0.2) is 0 Å². The number of aromatic nitrogens is 2. The third kappa shape index (κ3) is 4.17. The first kappa shape index (κ1) is 16.6. The molecule has 0 fully saturated rings. The van der Waals surface area contributed by atoms with Crippen LogP contribution < -0.4 is 10.1 Å². The average Bonchev–Trinajstić information content (AvgIpc) is 3.08. The molecule has 6 heteroatoms. The molecule has 6 nitrogen and oxygen atoms in total. The van der Waals surface area contributed by atoms with E-state index >= 15 is 0 Å². The van der Waals surface area contributed by atoms with Gasteiger partial charge in [-0.1, -0.05) is 30.3 Å². The van der Waals surface area contributed by atoms with Crippen molar-refractivity contribution in [1.82, 2.24) is 15.1 Å². The number of phenols is 1. The van der Waals surface area contributed by atoms with Crippen LogP contribution in [0, 0.1) is 0 Å². The molecule has 1 heterocycles. The topological polar surface area (TPSA) is 76.4 Å². The van der Waals surface area contributed by atoms with Crippen LogP contribution in [0.5, 0.6) is 11.5 Å². The second-order valence-electron chi connectivity index (χ2n) is 5.60. The number of nitrogens with zero attached hydrogens (tertiary/aromatic N) is 2. The van der Waals surface area contributed by atoms with E-state index in [0.717, 1.165) is 11.1 Å². The molecule has 0 spiro atoms. The second-order valence-corrected chi connectivity index (χ2v) is 5.60.